The van der Waals surface area contributed by atoms with Crippen LogP contribution in [0.15, 0.2) is 10.9 Å². The molecule has 0 radical (unpaired) electrons. The van der Waals surface area contributed by atoms with Gasteiger partial charge in [-0.1, -0.05) is 0 Å². The van der Waals surface area contributed by atoms with E-state index in [4.69, 9.17) is 9.47 Å². The van der Waals surface area contributed by atoms with Gasteiger partial charge < -0.3 is 9.47 Å². The Balaban J connectivity index is 1.56. The van der Waals surface area contributed by atoms with Gasteiger partial charge in [-0.05, 0) is 25.7 Å². The van der Waals surface area contributed by atoms with Gasteiger partial charge in [0.25, 0.3) is 0 Å². The van der Waals surface area contributed by atoms with E-state index in [1.165, 1.54) is 31.4 Å². The molecule has 0 aromatic carbocycles. The van der Waals surface area contributed by atoms with Crippen molar-refractivity contribution < 1.29 is 9.47 Å². The molecule has 3 heterocycles. The molecule has 2 unspecified atom stereocenters. The van der Waals surface area contributed by atoms with Crippen molar-refractivity contribution in [1.29, 1.82) is 0 Å². The average Bonchev–Trinajstić information content (AvgIpc) is 3.10. The first-order chi connectivity index (χ1) is 9.40. The van der Waals surface area contributed by atoms with Crippen molar-refractivity contribution in [2.75, 3.05) is 26.3 Å². The minimum Gasteiger partial charge on any atom is -0.377 e. The van der Waals surface area contributed by atoms with Crippen LogP contribution in [0.3, 0.4) is 0 Å². The summed E-state index contributed by atoms with van der Waals surface area (Å²) in [5, 5.41) is 2.14. The summed E-state index contributed by atoms with van der Waals surface area (Å²) in [6.45, 7) is 4.79. The van der Waals surface area contributed by atoms with Crippen LogP contribution in [0.1, 0.15) is 31.4 Å². The van der Waals surface area contributed by atoms with E-state index >= 15 is 0 Å². The maximum atomic E-state index is 5.77. The Morgan fingerprint density at radius 2 is 1.84 bits per heavy atom. The third-order valence-corrected chi connectivity index (χ3v) is 4.48. The monoisotopic (exact) mass is 282 g/mol. The molecule has 0 spiro atoms. The Morgan fingerprint density at radius 1 is 1.16 bits per heavy atom. The molecule has 2 atom stereocenters. The highest BCUT2D eigenvalue weighted by Gasteiger charge is 2.24. The minimum absolute atomic E-state index is 0.403. The van der Waals surface area contributed by atoms with E-state index in [1.54, 1.807) is 11.3 Å². The molecule has 2 saturated heterocycles. The second-order valence-corrected chi connectivity index (χ2v) is 6.16. The van der Waals surface area contributed by atoms with Crippen LogP contribution in [0.4, 0.5) is 0 Å². The molecule has 0 N–H and O–H groups in total. The summed E-state index contributed by atoms with van der Waals surface area (Å²) in [5.41, 5.74) is 3.08. The molecule has 2 fully saturated rings. The first-order valence-electron chi connectivity index (χ1n) is 7.23. The molecular weight excluding hydrogens is 260 g/mol. The van der Waals surface area contributed by atoms with Gasteiger partial charge in [-0.3, -0.25) is 4.90 Å². The lowest BCUT2D eigenvalue weighted by Gasteiger charge is -2.26. The number of ether oxygens (including phenoxy) is 2. The summed E-state index contributed by atoms with van der Waals surface area (Å²) in [7, 11) is 0. The van der Waals surface area contributed by atoms with Crippen molar-refractivity contribution in [1.82, 2.24) is 9.88 Å². The molecule has 0 bridgehead atoms. The van der Waals surface area contributed by atoms with E-state index in [1.807, 2.05) is 5.51 Å². The molecule has 2 aliphatic rings. The van der Waals surface area contributed by atoms with E-state index in [2.05, 4.69) is 15.3 Å². The summed E-state index contributed by atoms with van der Waals surface area (Å²) in [5.74, 6) is 0. The topological polar surface area (TPSA) is 34.6 Å². The number of nitrogens with zero attached hydrogens (tertiary/aromatic N) is 2. The number of aromatic nitrogens is 1. The van der Waals surface area contributed by atoms with E-state index in [0.717, 1.165) is 32.8 Å². The van der Waals surface area contributed by atoms with Gasteiger partial charge in [0.1, 0.15) is 0 Å². The van der Waals surface area contributed by atoms with Gasteiger partial charge in [0.15, 0.2) is 0 Å². The highest BCUT2D eigenvalue weighted by atomic mass is 32.1. The highest BCUT2D eigenvalue weighted by molar-refractivity contribution is 7.07. The average molecular weight is 282 g/mol. The third-order valence-electron chi connectivity index (χ3n) is 3.84. The van der Waals surface area contributed by atoms with Crippen LogP contribution >= 0.6 is 11.3 Å². The number of rotatable bonds is 6. The molecule has 0 aliphatic carbocycles. The second kappa shape index (κ2) is 6.79. The van der Waals surface area contributed by atoms with Gasteiger partial charge in [-0.25, -0.2) is 4.98 Å². The Labute approximate surface area is 118 Å². The fraction of sp³-hybridized carbons (Fsp3) is 0.786. The van der Waals surface area contributed by atoms with Crippen LogP contribution in [0, 0.1) is 0 Å². The predicted molar refractivity (Wildman–Crippen MR) is 75.3 cm³/mol. The zero-order valence-electron chi connectivity index (χ0n) is 11.3. The molecule has 0 saturated carbocycles. The summed E-state index contributed by atoms with van der Waals surface area (Å²) in [4.78, 5) is 6.86. The summed E-state index contributed by atoms with van der Waals surface area (Å²) in [6.07, 6.45) is 5.60. The van der Waals surface area contributed by atoms with Crippen molar-refractivity contribution >= 4 is 11.3 Å². The van der Waals surface area contributed by atoms with Crippen LogP contribution in [0.25, 0.3) is 0 Å². The van der Waals surface area contributed by atoms with Crippen molar-refractivity contribution in [3.8, 4) is 0 Å². The Hall–Kier alpha value is -0.490. The summed E-state index contributed by atoms with van der Waals surface area (Å²) >= 11 is 1.67. The fourth-order valence-corrected chi connectivity index (χ4v) is 3.45. The molecule has 4 nitrogen and oxygen atoms in total. The molecule has 19 heavy (non-hydrogen) atoms. The van der Waals surface area contributed by atoms with Crippen LogP contribution in [-0.4, -0.2) is 48.4 Å². The molecule has 5 heteroatoms. The Morgan fingerprint density at radius 3 is 2.32 bits per heavy atom. The summed E-state index contributed by atoms with van der Waals surface area (Å²) in [6, 6.07) is 0. The largest absolute Gasteiger partial charge is 0.377 e. The zero-order chi connectivity index (χ0) is 12.9. The van der Waals surface area contributed by atoms with Crippen LogP contribution in [-0.2, 0) is 16.0 Å². The van der Waals surface area contributed by atoms with Gasteiger partial charge in [-0.2, -0.15) is 0 Å². The van der Waals surface area contributed by atoms with Crippen molar-refractivity contribution in [3.63, 3.8) is 0 Å². The normalized spacial score (nSPS) is 27.4. The smallest absolute Gasteiger partial charge is 0.0795 e. The predicted octanol–water partition coefficient (Wildman–Crippen LogP) is 2.30. The molecular formula is C14H22N2O2S. The van der Waals surface area contributed by atoms with Crippen LogP contribution < -0.4 is 0 Å². The number of hydrogen-bond acceptors (Lipinski definition) is 5. The van der Waals surface area contributed by atoms with Crippen LogP contribution in [0.2, 0.25) is 0 Å². The van der Waals surface area contributed by atoms with Gasteiger partial charge >= 0.3 is 0 Å². The second-order valence-electron chi connectivity index (χ2n) is 5.44. The third kappa shape index (κ3) is 3.99. The summed E-state index contributed by atoms with van der Waals surface area (Å²) < 4.78 is 11.5. The van der Waals surface area contributed by atoms with E-state index in [0.29, 0.717) is 12.2 Å². The zero-order valence-corrected chi connectivity index (χ0v) is 12.1. The fourth-order valence-electron chi connectivity index (χ4n) is 2.90. The van der Waals surface area contributed by atoms with E-state index in [-0.39, 0.29) is 0 Å². The van der Waals surface area contributed by atoms with Gasteiger partial charge in [0.05, 0.1) is 23.4 Å². The SMILES string of the molecule is c1nc(CN(CC2CCCO2)CC2CCCO2)cs1. The standard InChI is InChI=1S/C14H22N2O2S/c1-3-13(17-5-1)8-16(7-12-10-19-11-15-12)9-14-4-2-6-18-14/h10-11,13-14H,1-9H2. The van der Waals surface area contributed by atoms with Crippen LogP contribution in [0.5, 0.6) is 0 Å². The lowest BCUT2D eigenvalue weighted by molar-refractivity contribution is 0.0342. The lowest BCUT2D eigenvalue weighted by Crippen LogP contribution is -2.37. The minimum atomic E-state index is 0.403. The first-order valence-corrected chi connectivity index (χ1v) is 8.17. The van der Waals surface area contributed by atoms with E-state index in [9.17, 15) is 0 Å². The molecule has 0 amide bonds. The Kier molecular flexibility index (Phi) is 4.82. The Bertz CT molecular complexity index is 342. The van der Waals surface area contributed by atoms with Gasteiger partial charge in [-0.15, -0.1) is 11.3 Å². The molecule has 106 valence electrons. The van der Waals surface area contributed by atoms with Gasteiger partial charge in [0, 0.05) is 38.2 Å². The first kappa shape index (κ1) is 13.5. The highest BCUT2D eigenvalue weighted by Crippen LogP contribution is 2.18. The molecule has 3 rings (SSSR count). The molecule has 2 aliphatic heterocycles. The van der Waals surface area contributed by atoms with Crippen molar-refractivity contribution in [2.45, 2.75) is 44.4 Å². The van der Waals surface area contributed by atoms with Gasteiger partial charge in [0.2, 0.25) is 0 Å². The molecule has 1 aromatic heterocycles. The van der Waals surface area contributed by atoms with Crippen molar-refractivity contribution in [3.05, 3.63) is 16.6 Å². The maximum Gasteiger partial charge on any atom is 0.0795 e. The molecule has 1 aromatic rings. The van der Waals surface area contributed by atoms with Crippen molar-refractivity contribution in [2.24, 2.45) is 0 Å². The number of hydrogen-bond donors (Lipinski definition) is 0. The number of thiazole rings is 1. The quantitative estimate of drug-likeness (QED) is 0.802. The van der Waals surface area contributed by atoms with E-state index < -0.39 is 0 Å². The maximum absolute atomic E-state index is 5.77. The lowest BCUT2D eigenvalue weighted by atomic mass is 10.2.